The third-order valence-electron chi connectivity index (χ3n) is 3.48. The molecule has 118 valence electrons. The lowest BCUT2D eigenvalue weighted by molar-refractivity contribution is -0.137. The van der Waals surface area contributed by atoms with E-state index in [9.17, 15) is 22.8 Å². The summed E-state index contributed by atoms with van der Waals surface area (Å²) in [6.07, 6.45) is -4.76. The number of imide groups is 1. The summed E-state index contributed by atoms with van der Waals surface area (Å²) in [5.41, 5.74) is 9.34. The Bertz CT molecular complexity index is 846. The molecule has 0 radical (unpaired) electrons. The molecule has 0 atom stereocenters. The number of alkyl halides is 3. The Hall–Kier alpha value is -3.03. The summed E-state index contributed by atoms with van der Waals surface area (Å²) in [5.74, 6) is -1.69. The number of benzene rings is 2. The highest BCUT2D eigenvalue weighted by molar-refractivity contribution is 6.34. The predicted octanol–water partition coefficient (Wildman–Crippen LogP) is 2.67. The minimum Gasteiger partial charge on any atom is -0.399 e. The topological polar surface area (TPSA) is 89.4 Å². The molecule has 0 bridgehead atoms. The lowest BCUT2D eigenvalue weighted by Crippen LogP contribution is -2.31. The Labute approximate surface area is 128 Å². The maximum absolute atomic E-state index is 13.2. The van der Waals surface area contributed by atoms with Crippen molar-refractivity contribution in [1.82, 2.24) is 0 Å². The van der Waals surface area contributed by atoms with E-state index in [0.29, 0.717) is 11.0 Å². The standard InChI is InChI=1S/C15H10F3N3O2/c16-15(17,18)11-6-8(20)2-4-12(11)21-13(22)9-3-1-7(19)5-10(9)14(21)23/h1-6H,19-20H2. The molecule has 3 rings (SSSR count). The van der Waals surface area contributed by atoms with Gasteiger partial charge in [-0.3, -0.25) is 9.59 Å². The predicted molar refractivity (Wildman–Crippen MR) is 77.9 cm³/mol. The molecule has 2 aromatic rings. The van der Waals surface area contributed by atoms with Gasteiger partial charge in [0.15, 0.2) is 0 Å². The third kappa shape index (κ3) is 2.28. The molecule has 2 amide bonds. The molecule has 0 fully saturated rings. The van der Waals surface area contributed by atoms with Crippen LogP contribution in [0, 0.1) is 0 Å². The molecule has 0 aliphatic carbocycles. The Kier molecular flexibility index (Phi) is 3.06. The van der Waals surface area contributed by atoms with Gasteiger partial charge in [-0.15, -0.1) is 0 Å². The highest BCUT2D eigenvalue weighted by Crippen LogP contribution is 2.40. The van der Waals surface area contributed by atoms with Gasteiger partial charge in [-0.1, -0.05) is 0 Å². The van der Waals surface area contributed by atoms with Crippen LogP contribution in [-0.2, 0) is 6.18 Å². The quantitative estimate of drug-likeness (QED) is 0.624. The minimum atomic E-state index is -4.76. The second kappa shape index (κ2) is 4.73. The van der Waals surface area contributed by atoms with Crippen molar-refractivity contribution in [2.24, 2.45) is 0 Å². The molecule has 1 aliphatic heterocycles. The van der Waals surface area contributed by atoms with Gasteiger partial charge in [-0.25, -0.2) is 4.90 Å². The maximum Gasteiger partial charge on any atom is 0.418 e. The fourth-order valence-electron chi connectivity index (χ4n) is 2.45. The number of halogens is 3. The van der Waals surface area contributed by atoms with Crippen molar-refractivity contribution in [3.05, 3.63) is 53.1 Å². The molecule has 2 aromatic carbocycles. The summed E-state index contributed by atoms with van der Waals surface area (Å²) in [6.45, 7) is 0. The number of fused-ring (bicyclic) bond motifs is 1. The molecular formula is C15H10F3N3O2. The highest BCUT2D eigenvalue weighted by atomic mass is 19.4. The number of amides is 2. The van der Waals surface area contributed by atoms with E-state index in [1.165, 1.54) is 24.3 Å². The number of carbonyl (C=O) groups is 2. The number of hydrogen-bond acceptors (Lipinski definition) is 4. The average Bonchev–Trinajstić information content (AvgIpc) is 2.70. The Morgan fingerprint density at radius 1 is 0.826 bits per heavy atom. The van der Waals surface area contributed by atoms with E-state index in [0.717, 1.165) is 6.07 Å². The molecule has 5 nitrogen and oxygen atoms in total. The fourth-order valence-corrected chi connectivity index (χ4v) is 2.45. The lowest BCUT2D eigenvalue weighted by atomic mass is 10.1. The van der Waals surface area contributed by atoms with Crippen LogP contribution in [0.2, 0.25) is 0 Å². The Balaban J connectivity index is 2.18. The molecule has 4 N–H and O–H groups in total. The van der Waals surface area contributed by atoms with Gasteiger partial charge in [0.1, 0.15) is 0 Å². The van der Waals surface area contributed by atoms with Crippen LogP contribution in [0.3, 0.4) is 0 Å². The van der Waals surface area contributed by atoms with Crippen LogP contribution in [0.15, 0.2) is 36.4 Å². The van der Waals surface area contributed by atoms with Crippen LogP contribution in [0.25, 0.3) is 0 Å². The van der Waals surface area contributed by atoms with Gasteiger partial charge in [0.05, 0.1) is 22.4 Å². The monoisotopic (exact) mass is 321 g/mol. The van der Waals surface area contributed by atoms with Crippen LogP contribution < -0.4 is 16.4 Å². The minimum absolute atomic E-state index is 0.00847. The van der Waals surface area contributed by atoms with E-state index in [2.05, 4.69) is 0 Å². The van der Waals surface area contributed by atoms with E-state index < -0.39 is 29.2 Å². The summed E-state index contributed by atoms with van der Waals surface area (Å²) in [4.78, 5) is 25.2. The van der Waals surface area contributed by atoms with Crippen molar-refractivity contribution in [2.45, 2.75) is 6.18 Å². The normalized spacial score (nSPS) is 14.3. The van der Waals surface area contributed by atoms with Gasteiger partial charge in [0.2, 0.25) is 0 Å². The van der Waals surface area contributed by atoms with Crippen LogP contribution in [-0.4, -0.2) is 11.8 Å². The van der Waals surface area contributed by atoms with Crippen molar-refractivity contribution < 1.29 is 22.8 Å². The summed E-state index contributed by atoms with van der Waals surface area (Å²) in [7, 11) is 0. The number of nitrogens with two attached hydrogens (primary N) is 2. The summed E-state index contributed by atoms with van der Waals surface area (Å²) in [6, 6.07) is 6.87. The molecule has 0 saturated heterocycles. The molecule has 1 aliphatic rings. The van der Waals surface area contributed by atoms with Gasteiger partial charge in [-0.05, 0) is 36.4 Å². The first kappa shape index (κ1) is 14.9. The zero-order chi connectivity index (χ0) is 16.9. The first-order valence-electron chi connectivity index (χ1n) is 6.45. The fraction of sp³-hybridized carbons (Fsp3) is 0.0667. The number of hydrogen-bond donors (Lipinski definition) is 2. The molecule has 23 heavy (non-hydrogen) atoms. The van der Waals surface area contributed by atoms with Crippen molar-refractivity contribution in [3.63, 3.8) is 0 Å². The van der Waals surface area contributed by atoms with E-state index in [1.54, 1.807) is 0 Å². The average molecular weight is 321 g/mol. The number of anilines is 3. The van der Waals surface area contributed by atoms with Crippen LogP contribution in [0.1, 0.15) is 26.3 Å². The number of nitrogen functional groups attached to an aromatic ring is 2. The van der Waals surface area contributed by atoms with E-state index >= 15 is 0 Å². The molecule has 0 spiro atoms. The van der Waals surface area contributed by atoms with Crippen LogP contribution in [0.5, 0.6) is 0 Å². The molecule has 8 heteroatoms. The summed E-state index contributed by atoms with van der Waals surface area (Å²) >= 11 is 0. The van der Waals surface area contributed by atoms with Crippen molar-refractivity contribution in [2.75, 3.05) is 16.4 Å². The van der Waals surface area contributed by atoms with Crippen molar-refractivity contribution in [3.8, 4) is 0 Å². The van der Waals surface area contributed by atoms with Crippen molar-refractivity contribution in [1.29, 1.82) is 0 Å². The summed E-state index contributed by atoms with van der Waals surface area (Å²) in [5, 5.41) is 0. The van der Waals surface area contributed by atoms with Crippen LogP contribution in [0.4, 0.5) is 30.2 Å². The van der Waals surface area contributed by atoms with Crippen LogP contribution >= 0.6 is 0 Å². The Morgan fingerprint density at radius 3 is 2.04 bits per heavy atom. The lowest BCUT2D eigenvalue weighted by Gasteiger charge is -2.20. The molecule has 0 aromatic heterocycles. The first-order chi connectivity index (χ1) is 10.7. The van der Waals surface area contributed by atoms with Gasteiger partial charge < -0.3 is 11.5 Å². The maximum atomic E-state index is 13.2. The Morgan fingerprint density at radius 2 is 1.39 bits per heavy atom. The number of rotatable bonds is 1. The summed E-state index contributed by atoms with van der Waals surface area (Å²) < 4.78 is 39.6. The van der Waals surface area contributed by atoms with Gasteiger partial charge in [0.25, 0.3) is 11.8 Å². The van der Waals surface area contributed by atoms with Gasteiger partial charge >= 0.3 is 6.18 Å². The first-order valence-corrected chi connectivity index (χ1v) is 6.45. The van der Waals surface area contributed by atoms with Gasteiger partial charge in [-0.2, -0.15) is 13.2 Å². The zero-order valence-corrected chi connectivity index (χ0v) is 11.5. The SMILES string of the molecule is Nc1ccc2c(c1)C(=O)N(c1ccc(N)cc1C(F)(F)F)C2=O. The van der Waals surface area contributed by atoms with Gasteiger partial charge in [0, 0.05) is 11.4 Å². The number of carbonyl (C=O) groups excluding carboxylic acids is 2. The largest absolute Gasteiger partial charge is 0.418 e. The van der Waals surface area contributed by atoms with Crippen molar-refractivity contribution >= 4 is 28.9 Å². The van der Waals surface area contributed by atoms with E-state index in [1.807, 2.05) is 0 Å². The highest BCUT2D eigenvalue weighted by Gasteiger charge is 2.42. The smallest absolute Gasteiger partial charge is 0.399 e. The molecule has 0 saturated carbocycles. The van der Waals surface area contributed by atoms with E-state index in [4.69, 9.17) is 11.5 Å². The second-order valence-corrected chi connectivity index (χ2v) is 5.03. The molecular weight excluding hydrogens is 311 g/mol. The zero-order valence-electron chi connectivity index (χ0n) is 11.5. The molecule has 0 unspecified atom stereocenters. The third-order valence-corrected chi connectivity index (χ3v) is 3.48. The van der Waals surface area contributed by atoms with E-state index in [-0.39, 0.29) is 22.5 Å². The second-order valence-electron chi connectivity index (χ2n) is 5.03. The molecule has 1 heterocycles. The number of nitrogens with zero attached hydrogens (tertiary/aromatic N) is 1.